The van der Waals surface area contributed by atoms with E-state index in [1.54, 1.807) is 23.4 Å². The quantitative estimate of drug-likeness (QED) is 0.515. The molecule has 0 radical (unpaired) electrons. The standard InChI is InChI=1S/C21H23ClN4O3S/c1-21(2,3)29-20(27)26-8-6-14(7-9-26)28-19-24-12-17(30-19)13-10-16-15(23-11-13)4-5-18(22)25-16/h4-5,10-12,14H,6-9H2,1-3H3. The van der Waals surface area contributed by atoms with E-state index in [1.165, 1.54) is 11.3 Å². The van der Waals surface area contributed by atoms with Crippen LogP contribution in [0.1, 0.15) is 33.6 Å². The summed E-state index contributed by atoms with van der Waals surface area (Å²) >= 11 is 7.46. The second-order valence-corrected chi connectivity index (χ2v) is 9.55. The van der Waals surface area contributed by atoms with Crippen LogP contribution in [0.4, 0.5) is 4.79 Å². The third-order valence-corrected chi connectivity index (χ3v) is 5.78. The Hall–Kier alpha value is -2.45. The van der Waals surface area contributed by atoms with Crippen LogP contribution in [-0.2, 0) is 4.74 Å². The molecule has 0 aliphatic carbocycles. The number of pyridine rings is 2. The number of aromatic nitrogens is 3. The van der Waals surface area contributed by atoms with Crippen molar-refractivity contribution in [1.29, 1.82) is 0 Å². The summed E-state index contributed by atoms with van der Waals surface area (Å²) in [6.45, 7) is 6.83. The number of ether oxygens (including phenoxy) is 2. The van der Waals surface area contributed by atoms with Crippen LogP contribution in [0.25, 0.3) is 21.5 Å². The van der Waals surface area contributed by atoms with Crippen molar-refractivity contribution >= 4 is 40.1 Å². The Morgan fingerprint density at radius 3 is 2.67 bits per heavy atom. The number of amides is 1. The minimum absolute atomic E-state index is 0.0258. The van der Waals surface area contributed by atoms with Crippen LogP contribution in [0, 0.1) is 0 Å². The van der Waals surface area contributed by atoms with Gasteiger partial charge in [0.15, 0.2) is 0 Å². The maximum Gasteiger partial charge on any atom is 0.410 e. The molecule has 0 saturated carbocycles. The second-order valence-electron chi connectivity index (χ2n) is 8.17. The highest BCUT2D eigenvalue weighted by molar-refractivity contribution is 7.16. The summed E-state index contributed by atoms with van der Waals surface area (Å²) in [5, 5.41) is 1.05. The highest BCUT2D eigenvalue weighted by atomic mass is 35.5. The van der Waals surface area contributed by atoms with Crippen molar-refractivity contribution in [3.05, 3.63) is 35.7 Å². The van der Waals surface area contributed by atoms with Gasteiger partial charge in [-0.1, -0.05) is 22.9 Å². The van der Waals surface area contributed by atoms with Crippen molar-refractivity contribution < 1.29 is 14.3 Å². The molecule has 4 heterocycles. The van der Waals surface area contributed by atoms with E-state index in [1.807, 2.05) is 32.9 Å². The summed E-state index contributed by atoms with van der Waals surface area (Å²) in [7, 11) is 0. The lowest BCUT2D eigenvalue weighted by Gasteiger charge is -2.33. The van der Waals surface area contributed by atoms with E-state index in [2.05, 4.69) is 15.0 Å². The van der Waals surface area contributed by atoms with E-state index in [4.69, 9.17) is 21.1 Å². The molecule has 0 N–H and O–H groups in total. The number of piperidine rings is 1. The zero-order chi connectivity index (χ0) is 21.3. The van der Waals surface area contributed by atoms with E-state index < -0.39 is 5.60 Å². The number of halogens is 1. The average Bonchev–Trinajstić information content (AvgIpc) is 3.15. The Morgan fingerprint density at radius 2 is 1.93 bits per heavy atom. The zero-order valence-corrected chi connectivity index (χ0v) is 18.7. The van der Waals surface area contributed by atoms with Crippen LogP contribution in [0.5, 0.6) is 5.19 Å². The fourth-order valence-electron chi connectivity index (χ4n) is 3.19. The Bertz CT molecular complexity index is 1060. The van der Waals surface area contributed by atoms with Gasteiger partial charge in [0.25, 0.3) is 5.19 Å². The molecule has 1 fully saturated rings. The molecule has 0 unspecified atom stereocenters. The molecule has 0 bridgehead atoms. The molecule has 1 aliphatic rings. The van der Waals surface area contributed by atoms with E-state index >= 15 is 0 Å². The molecule has 9 heteroatoms. The van der Waals surface area contributed by atoms with Gasteiger partial charge in [-0.3, -0.25) is 4.98 Å². The van der Waals surface area contributed by atoms with Crippen LogP contribution < -0.4 is 4.74 Å². The molecule has 1 saturated heterocycles. The first kappa shape index (κ1) is 20.8. The van der Waals surface area contributed by atoms with Crippen LogP contribution >= 0.6 is 22.9 Å². The van der Waals surface area contributed by atoms with E-state index in [0.717, 1.165) is 34.3 Å². The number of likely N-dealkylation sites (tertiary alicyclic amines) is 1. The average molecular weight is 447 g/mol. The number of thiazole rings is 1. The van der Waals surface area contributed by atoms with Crippen molar-refractivity contribution in [2.24, 2.45) is 0 Å². The maximum atomic E-state index is 12.2. The van der Waals surface area contributed by atoms with Gasteiger partial charge in [-0.25, -0.2) is 14.8 Å². The highest BCUT2D eigenvalue weighted by Gasteiger charge is 2.28. The van der Waals surface area contributed by atoms with Gasteiger partial charge in [-0.2, -0.15) is 0 Å². The Kier molecular flexibility index (Phi) is 5.79. The highest BCUT2D eigenvalue weighted by Crippen LogP contribution is 2.32. The molecule has 4 rings (SSSR count). The van der Waals surface area contributed by atoms with E-state index in [9.17, 15) is 4.79 Å². The molecule has 1 amide bonds. The fraction of sp³-hybridized carbons (Fsp3) is 0.429. The van der Waals surface area contributed by atoms with Gasteiger partial charge in [0.2, 0.25) is 0 Å². The molecule has 0 aromatic carbocycles. The third-order valence-electron chi connectivity index (χ3n) is 4.63. The van der Waals surface area contributed by atoms with Crippen molar-refractivity contribution in [2.45, 2.75) is 45.3 Å². The summed E-state index contributed by atoms with van der Waals surface area (Å²) in [4.78, 5) is 28.0. The third kappa shape index (κ3) is 4.99. The topological polar surface area (TPSA) is 77.4 Å². The summed E-state index contributed by atoms with van der Waals surface area (Å²) in [5.41, 5.74) is 1.97. The predicted octanol–water partition coefficient (Wildman–Crippen LogP) is 5.19. The molecule has 0 spiro atoms. The summed E-state index contributed by atoms with van der Waals surface area (Å²) in [5.74, 6) is 0. The van der Waals surface area contributed by atoms with Crippen molar-refractivity contribution in [3.63, 3.8) is 0 Å². The molecule has 0 atom stereocenters. The van der Waals surface area contributed by atoms with Gasteiger partial charge in [0.1, 0.15) is 16.9 Å². The molecular formula is C21H23ClN4O3S. The van der Waals surface area contributed by atoms with Crippen molar-refractivity contribution in [2.75, 3.05) is 13.1 Å². The Balaban J connectivity index is 1.37. The molecular weight excluding hydrogens is 424 g/mol. The van der Waals surface area contributed by atoms with E-state index in [-0.39, 0.29) is 12.2 Å². The number of rotatable bonds is 3. The predicted molar refractivity (Wildman–Crippen MR) is 117 cm³/mol. The first-order valence-electron chi connectivity index (χ1n) is 9.80. The number of fused-ring (bicyclic) bond motifs is 1. The minimum Gasteiger partial charge on any atom is -0.467 e. The Morgan fingerprint density at radius 1 is 1.17 bits per heavy atom. The number of nitrogens with zero attached hydrogens (tertiary/aromatic N) is 4. The molecule has 1 aliphatic heterocycles. The summed E-state index contributed by atoms with van der Waals surface area (Å²) < 4.78 is 11.5. The van der Waals surface area contributed by atoms with Gasteiger partial charge in [-0.15, -0.1) is 0 Å². The fourth-order valence-corrected chi connectivity index (χ4v) is 4.15. The van der Waals surface area contributed by atoms with Gasteiger partial charge < -0.3 is 14.4 Å². The first-order valence-corrected chi connectivity index (χ1v) is 11.0. The molecule has 158 valence electrons. The van der Waals surface area contributed by atoms with Crippen molar-refractivity contribution in [3.8, 4) is 15.6 Å². The van der Waals surface area contributed by atoms with Crippen LogP contribution in [0.2, 0.25) is 5.15 Å². The lowest BCUT2D eigenvalue weighted by Crippen LogP contribution is -2.44. The molecule has 3 aromatic heterocycles. The smallest absolute Gasteiger partial charge is 0.410 e. The van der Waals surface area contributed by atoms with Gasteiger partial charge in [0.05, 0.1) is 15.9 Å². The van der Waals surface area contributed by atoms with Crippen LogP contribution in [0.15, 0.2) is 30.6 Å². The molecule has 3 aromatic rings. The van der Waals surface area contributed by atoms with E-state index in [0.29, 0.717) is 23.4 Å². The SMILES string of the molecule is CC(C)(C)OC(=O)N1CCC(Oc2ncc(-c3cnc4ccc(Cl)nc4c3)s2)CC1. The number of carbonyl (C=O) groups is 1. The van der Waals surface area contributed by atoms with Crippen LogP contribution in [0.3, 0.4) is 0 Å². The molecule has 7 nitrogen and oxygen atoms in total. The number of carbonyl (C=O) groups excluding carboxylic acids is 1. The molecule has 30 heavy (non-hydrogen) atoms. The lowest BCUT2D eigenvalue weighted by atomic mass is 10.1. The maximum absolute atomic E-state index is 12.2. The largest absolute Gasteiger partial charge is 0.467 e. The normalized spacial score (nSPS) is 15.4. The summed E-state index contributed by atoms with van der Waals surface area (Å²) in [6.07, 6.45) is 4.83. The van der Waals surface area contributed by atoms with Crippen molar-refractivity contribution in [1.82, 2.24) is 19.9 Å². The van der Waals surface area contributed by atoms with Gasteiger partial charge >= 0.3 is 6.09 Å². The van der Waals surface area contributed by atoms with Gasteiger partial charge in [-0.05, 0) is 39.0 Å². The number of hydrogen-bond donors (Lipinski definition) is 0. The zero-order valence-electron chi connectivity index (χ0n) is 17.1. The first-order chi connectivity index (χ1) is 14.3. The number of hydrogen-bond acceptors (Lipinski definition) is 7. The lowest BCUT2D eigenvalue weighted by molar-refractivity contribution is 0.0126. The van der Waals surface area contributed by atoms with Crippen LogP contribution in [-0.4, -0.2) is 50.7 Å². The second kappa shape index (κ2) is 8.35. The minimum atomic E-state index is -0.486. The monoisotopic (exact) mass is 446 g/mol. The van der Waals surface area contributed by atoms with Gasteiger partial charge in [0, 0.05) is 43.9 Å². The Labute approximate surface area is 184 Å². The summed E-state index contributed by atoms with van der Waals surface area (Å²) in [6, 6.07) is 5.52.